The zero-order valence-electron chi connectivity index (χ0n) is 16.8. The van der Waals surface area contributed by atoms with Crippen LogP contribution in [-0.2, 0) is 13.0 Å². The maximum Gasteiger partial charge on any atom is 0.143 e. The fourth-order valence-electron chi connectivity index (χ4n) is 3.60. The molecule has 0 N–H and O–H groups in total. The Morgan fingerprint density at radius 1 is 1.21 bits per heavy atom. The summed E-state index contributed by atoms with van der Waals surface area (Å²) in [6, 6.07) is 9.44. The number of aromatic nitrogens is 1. The normalized spacial score (nSPS) is 14.9. The molecule has 28 heavy (non-hydrogen) atoms. The van der Waals surface area contributed by atoms with Crippen LogP contribution in [0.15, 0.2) is 30.5 Å². The molecule has 0 amide bonds. The van der Waals surface area contributed by atoms with Gasteiger partial charge in [-0.25, -0.2) is 4.39 Å². The summed E-state index contributed by atoms with van der Waals surface area (Å²) < 4.78 is 19.6. The van der Waals surface area contributed by atoms with Crippen LogP contribution in [0.3, 0.4) is 0 Å². The molecule has 0 radical (unpaired) electrons. The highest BCUT2D eigenvalue weighted by molar-refractivity contribution is 5.62. The number of hydrogen-bond acceptors (Lipinski definition) is 5. The number of nitrogens with zero attached hydrogens (tertiary/aromatic N) is 4. The van der Waals surface area contributed by atoms with Crippen LogP contribution in [0.25, 0.3) is 0 Å². The van der Waals surface area contributed by atoms with Crippen LogP contribution in [0.5, 0.6) is 5.75 Å². The second-order valence-corrected chi connectivity index (χ2v) is 7.63. The Bertz CT molecular complexity index is 837. The molecule has 0 bridgehead atoms. The maximum atomic E-state index is 14.5. The number of rotatable bonds is 6. The molecule has 5 nitrogen and oxygen atoms in total. The molecule has 6 heteroatoms. The average Bonchev–Trinajstić information content (AvgIpc) is 2.68. The summed E-state index contributed by atoms with van der Waals surface area (Å²) in [5, 5.41) is 9.45. The van der Waals surface area contributed by atoms with Gasteiger partial charge in [0, 0.05) is 32.7 Å². The lowest BCUT2D eigenvalue weighted by Gasteiger charge is -2.36. The summed E-state index contributed by atoms with van der Waals surface area (Å²) in [6.07, 6.45) is 2.53. The van der Waals surface area contributed by atoms with Gasteiger partial charge in [0.25, 0.3) is 0 Å². The summed E-state index contributed by atoms with van der Waals surface area (Å²) >= 11 is 0. The summed E-state index contributed by atoms with van der Waals surface area (Å²) in [4.78, 5) is 8.88. The number of hydrogen-bond donors (Lipinski definition) is 0. The zero-order valence-corrected chi connectivity index (χ0v) is 16.8. The predicted octanol–water partition coefficient (Wildman–Crippen LogP) is 3.62. The van der Waals surface area contributed by atoms with Gasteiger partial charge in [0.1, 0.15) is 23.2 Å². The molecule has 1 fully saturated rings. The van der Waals surface area contributed by atoms with Crippen molar-refractivity contribution in [1.82, 2.24) is 9.88 Å². The van der Waals surface area contributed by atoms with Crippen molar-refractivity contribution in [1.29, 1.82) is 5.26 Å². The standard InChI is InChI=1S/C22H27FN4O/c1-16(2)10-17-11-21(23)20(13-24)22(12-17)27-8-6-26(7-9-27)15-18-4-5-19(28-3)14-25-18/h4-5,11-12,14,16H,6-10,15H2,1-3H3. The molecule has 1 aliphatic rings. The lowest BCUT2D eigenvalue weighted by atomic mass is 9.99. The van der Waals surface area contributed by atoms with Crippen LogP contribution in [-0.4, -0.2) is 43.2 Å². The van der Waals surface area contributed by atoms with Gasteiger partial charge in [-0.15, -0.1) is 0 Å². The Balaban J connectivity index is 1.68. The van der Waals surface area contributed by atoms with E-state index in [2.05, 4.69) is 34.7 Å². The molecule has 2 heterocycles. The minimum atomic E-state index is -0.416. The Morgan fingerprint density at radius 2 is 1.96 bits per heavy atom. The molecular weight excluding hydrogens is 355 g/mol. The lowest BCUT2D eigenvalue weighted by molar-refractivity contribution is 0.247. The van der Waals surface area contributed by atoms with E-state index in [1.54, 1.807) is 13.3 Å². The molecule has 148 valence electrons. The van der Waals surface area contributed by atoms with Crippen molar-refractivity contribution in [2.45, 2.75) is 26.8 Å². The van der Waals surface area contributed by atoms with Gasteiger partial charge >= 0.3 is 0 Å². The first-order chi connectivity index (χ1) is 13.5. The molecule has 0 atom stereocenters. The summed E-state index contributed by atoms with van der Waals surface area (Å²) in [6.45, 7) is 8.20. The first kappa shape index (κ1) is 20.1. The second kappa shape index (κ2) is 9.03. The van der Waals surface area contributed by atoms with Crippen LogP contribution in [0.4, 0.5) is 10.1 Å². The highest BCUT2D eigenvalue weighted by Crippen LogP contribution is 2.27. The second-order valence-electron chi connectivity index (χ2n) is 7.63. The van der Waals surface area contributed by atoms with Gasteiger partial charge in [0.05, 0.1) is 24.7 Å². The smallest absolute Gasteiger partial charge is 0.143 e. The van der Waals surface area contributed by atoms with E-state index >= 15 is 0 Å². The van der Waals surface area contributed by atoms with E-state index in [0.717, 1.165) is 61.8 Å². The number of benzene rings is 1. The minimum Gasteiger partial charge on any atom is -0.495 e. The van der Waals surface area contributed by atoms with Gasteiger partial charge in [0.2, 0.25) is 0 Å². The quantitative estimate of drug-likeness (QED) is 0.764. The highest BCUT2D eigenvalue weighted by atomic mass is 19.1. The van der Waals surface area contributed by atoms with E-state index in [0.29, 0.717) is 5.92 Å². The lowest BCUT2D eigenvalue weighted by Crippen LogP contribution is -2.46. The van der Waals surface area contributed by atoms with E-state index in [-0.39, 0.29) is 5.56 Å². The van der Waals surface area contributed by atoms with Crippen molar-refractivity contribution >= 4 is 5.69 Å². The minimum absolute atomic E-state index is 0.151. The van der Waals surface area contributed by atoms with Crippen molar-refractivity contribution in [2.75, 3.05) is 38.2 Å². The van der Waals surface area contributed by atoms with Crippen molar-refractivity contribution in [3.05, 3.63) is 53.1 Å². The number of anilines is 1. The van der Waals surface area contributed by atoms with E-state index < -0.39 is 5.82 Å². The first-order valence-electron chi connectivity index (χ1n) is 9.69. The Hall–Kier alpha value is -2.65. The largest absolute Gasteiger partial charge is 0.495 e. The fourth-order valence-corrected chi connectivity index (χ4v) is 3.60. The van der Waals surface area contributed by atoms with Gasteiger partial charge in [-0.05, 0) is 42.2 Å². The fraction of sp³-hybridized carbons (Fsp3) is 0.455. The molecule has 0 saturated carbocycles. The average molecular weight is 382 g/mol. The number of ether oxygens (including phenoxy) is 1. The molecule has 1 aromatic carbocycles. The van der Waals surface area contributed by atoms with Gasteiger partial charge in [-0.1, -0.05) is 13.8 Å². The molecular formula is C22H27FN4O. The number of nitriles is 1. The number of piperazine rings is 1. The molecule has 1 aromatic heterocycles. The zero-order chi connectivity index (χ0) is 20.1. The van der Waals surface area contributed by atoms with Gasteiger partial charge in [0.15, 0.2) is 0 Å². The topological polar surface area (TPSA) is 52.4 Å². The monoisotopic (exact) mass is 382 g/mol. The molecule has 1 saturated heterocycles. The highest BCUT2D eigenvalue weighted by Gasteiger charge is 2.22. The van der Waals surface area contributed by atoms with E-state index in [1.165, 1.54) is 6.07 Å². The molecule has 2 aromatic rings. The maximum absolute atomic E-state index is 14.5. The SMILES string of the molecule is COc1ccc(CN2CCN(c3cc(CC(C)C)cc(F)c3C#N)CC2)nc1. The molecule has 0 unspecified atom stereocenters. The van der Waals surface area contributed by atoms with Crippen LogP contribution in [0.2, 0.25) is 0 Å². The van der Waals surface area contributed by atoms with Crippen molar-refractivity contribution in [3.63, 3.8) is 0 Å². The molecule has 1 aliphatic heterocycles. The molecule has 0 aliphatic carbocycles. The van der Waals surface area contributed by atoms with Crippen molar-refractivity contribution in [3.8, 4) is 11.8 Å². The van der Waals surface area contributed by atoms with Crippen LogP contribution < -0.4 is 9.64 Å². The van der Waals surface area contributed by atoms with Crippen LogP contribution in [0, 0.1) is 23.1 Å². The first-order valence-corrected chi connectivity index (χ1v) is 9.69. The van der Waals surface area contributed by atoms with Crippen molar-refractivity contribution in [2.24, 2.45) is 5.92 Å². The Morgan fingerprint density at radius 3 is 2.54 bits per heavy atom. The van der Waals surface area contributed by atoms with Gasteiger partial charge in [-0.3, -0.25) is 9.88 Å². The van der Waals surface area contributed by atoms with E-state index in [1.807, 2.05) is 18.2 Å². The van der Waals surface area contributed by atoms with Gasteiger partial charge in [-0.2, -0.15) is 5.26 Å². The molecule has 0 spiro atoms. The van der Waals surface area contributed by atoms with Gasteiger partial charge < -0.3 is 9.64 Å². The third-order valence-electron chi connectivity index (χ3n) is 5.02. The van der Waals surface area contributed by atoms with Crippen LogP contribution >= 0.6 is 0 Å². The number of halogens is 1. The summed E-state index contributed by atoms with van der Waals surface area (Å²) in [5.74, 6) is 0.774. The van der Waals surface area contributed by atoms with E-state index in [9.17, 15) is 9.65 Å². The Labute approximate surface area is 166 Å². The summed E-state index contributed by atoms with van der Waals surface area (Å²) in [5.41, 5.74) is 2.82. The third kappa shape index (κ3) is 4.79. The summed E-state index contributed by atoms with van der Waals surface area (Å²) in [7, 11) is 1.63. The number of pyridine rings is 1. The predicted molar refractivity (Wildman–Crippen MR) is 108 cm³/mol. The molecule has 3 rings (SSSR count). The van der Waals surface area contributed by atoms with Crippen LogP contribution in [0.1, 0.15) is 30.7 Å². The van der Waals surface area contributed by atoms with E-state index in [4.69, 9.17) is 4.74 Å². The third-order valence-corrected chi connectivity index (χ3v) is 5.02. The number of methoxy groups -OCH3 is 1. The van der Waals surface area contributed by atoms with Crippen molar-refractivity contribution < 1.29 is 9.13 Å². The Kier molecular flexibility index (Phi) is 6.48.